The van der Waals surface area contributed by atoms with Crippen LogP contribution in [-0.4, -0.2) is 23.2 Å². The highest BCUT2D eigenvalue weighted by atomic mass is 16.2. The monoisotopic (exact) mass is 241 g/mol. The number of nitrogens with zero attached hydrogens (tertiary/aromatic N) is 3. The van der Waals surface area contributed by atoms with E-state index >= 15 is 0 Å². The molecule has 0 saturated carbocycles. The molecule has 2 aromatic rings. The number of carbonyl (C=O) groups excluding carboxylic acids is 1. The van der Waals surface area contributed by atoms with E-state index in [1.165, 1.54) is 11.1 Å². The zero-order chi connectivity index (χ0) is 13.1. The fraction of sp³-hybridized carbons (Fsp3) is 0.0833. The van der Waals surface area contributed by atoms with Gasteiger partial charge in [-0.1, -0.05) is 12.1 Å². The molecule has 0 atom stereocenters. The largest absolute Gasteiger partial charge is 0.396 e. The van der Waals surface area contributed by atoms with Crippen LogP contribution in [0.3, 0.4) is 0 Å². The van der Waals surface area contributed by atoms with Gasteiger partial charge >= 0.3 is 0 Å². The summed E-state index contributed by atoms with van der Waals surface area (Å²) in [6, 6.07) is 8.89. The van der Waals surface area contributed by atoms with Crippen molar-refractivity contribution in [2.75, 3.05) is 17.7 Å². The number of H-pyrrole nitrogens is 1. The first-order chi connectivity index (χ1) is 8.65. The Labute approximate surface area is 104 Å². The highest BCUT2D eigenvalue weighted by Gasteiger charge is 2.19. The topological polar surface area (TPSA) is 98.8 Å². The third-order valence-corrected chi connectivity index (χ3v) is 2.57. The maximum atomic E-state index is 12.2. The summed E-state index contributed by atoms with van der Waals surface area (Å²) in [5.74, 6) is -0.340. The summed E-state index contributed by atoms with van der Waals surface area (Å²) in [7, 11) is 1.58. The second-order valence-corrected chi connectivity index (χ2v) is 3.69. The number of hydrogen-bond acceptors (Lipinski definition) is 4. The molecule has 1 aromatic heterocycles. The molecule has 0 bridgehead atoms. The van der Waals surface area contributed by atoms with Gasteiger partial charge in [0.2, 0.25) is 0 Å². The lowest BCUT2D eigenvalue weighted by atomic mass is 10.1. The van der Waals surface area contributed by atoms with Gasteiger partial charge in [0.15, 0.2) is 0 Å². The number of nitrogens with one attached hydrogen (secondary N) is 1. The van der Waals surface area contributed by atoms with Crippen LogP contribution in [-0.2, 0) is 0 Å². The van der Waals surface area contributed by atoms with Gasteiger partial charge in [0.25, 0.3) is 5.91 Å². The Kier molecular flexibility index (Phi) is 2.98. The Bertz CT molecular complexity index is 625. The van der Waals surface area contributed by atoms with Crippen molar-refractivity contribution in [3.05, 3.63) is 41.7 Å². The first kappa shape index (κ1) is 11.7. The van der Waals surface area contributed by atoms with Gasteiger partial charge in [0, 0.05) is 7.05 Å². The normalized spacial score (nSPS) is 9.78. The summed E-state index contributed by atoms with van der Waals surface area (Å²) < 4.78 is 0. The number of carbonyl (C=O) groups is 1. The molecule has 0 saturated heterocycles. The summed E-state index contributed by atoms with van der Waals surface area (Å²) in [6.45, 7) is 0. The molecule has 0 unspecified atom stereocenters. The molecule has 1 heterocycles. The highest BCUT2D eigenvalue weighted by Crippen LogP contribution is 2.21. The SMILES string of the molecule is CN(C(=O)c1[nH]ncc1N)c1ccccc1C#N. The number of nitrogen functional groups attached to an aromatic ring is 1. The summed E-state index contributed by atoms with van der Waals surface area (Å²) >= 11 is 0. The number of amides is 1. The van der Waals surface area contributed by atoms with Crippen molar-refractivity contribution in [3.8, 4) is 6.07 Å². The minimum atomic E-state index is -0.340. The second-order valence-electron chi connectivity index (χ2n) is 3.69. The standard InChI is InChI=1S/C12H11N5O/c1-17(10-5-3-2-4-8(10)6-13)12(18)11-9(14)7-15-16-11/h2-5,7H,14H2,1H3,(H,15,16). The Hall–Kier alpha value is -2.81. The number of benzene rings is 1. The molecule has 0 spiro atoms. The summed E-state index contributed by atoms with van der Waals surface area (Å²) in [5.41, 5.74) is 7.06. The third kappa shape index (κ3) is 1.89. The first-order valence-corrected chi connectivity index (χ1v) is 5.21. The van der Waals surface area contributed by atoms with Crippen molar-refractivity contribution in [1.82, 2.24) is 10.2 Å². The number of para-hydroxylation sites is 1. The number of aromatic amines is 1. The average molecular weight is 241 g/mol. The van der Waals surface area contributed by atoms with E-state index in [9.17, 15) is 4.79 Å². The molecule has 0 aliphatic carbocycles. The van der Waals surface area contributed by atoms with Crippen LogP contribution in [0.1, 0.15) is 16.1 Å². The van der Waals surface area contributed by atoms with Crippen molar-refractivity contribution < 1.29 is 4.79 Å². The lowest BCUT2D eigenvalue weighted by molar-refractivity contribution is 0.0989. The van der Waals surface area contributed by atoms with Crippen LogP contribution >= 0.6 is 0 Å². The summed E-state index contributed by atoms with van der Waals surface area (Å²) in [4.78, 5) is 13.5. The molecule has 0 aliphatic heterocycles. The van der Waals surface area contributed by atoms with E-state index in [0.717, 1.165) is 0 Å². The van der Waals surface area contributed by atoms with Crippen LogP contribution in [0.5, 0.6) is 0 Å². The van der Waals surface area contributed by atoms with Gasteiger partial charge in [0.1, 0.15) is 11.8 Å². The summed E-state index contributed by atoms with van der Waals surface area (Å²) in [6.07, 6.45) is 1.37. The second kappa shape index (κ2) is 4.59. The molecule has 1 aromatic carbocycles. The van der Waals surface area contributed by atoms with Gasteiger partial charge in [-0.05, 0) is 12.1 Å². The van der Waals surface area contributed by atoms with Crippen LogP contribution in [0, 0.1) is 11.3 Å². The lowest BCUT2D eigenvalue weighted by Gasteiger charge is -2.17. The van der Waals surface area contributed by atoms with Gasteiger partial charge in [-0.25, -0.2) is 0 Å². The molecule has 6 heteroatoms. The van der Waals surface area contributed by atoms with E-state index in [1.807, 2.05) is 6.07 Å². The van der Waals surface area contributed by atoms with Gasteiger partial charge in [-0.2, -0.15) is 10.4 Å². The van der Waals surface area contributed by atoms with Crippen LogP contribution in [0.2, 0.25) is 0 Å². The van der Waals surface area contributed by atoms with Gasteiger partial charge < -0.3 is 10.6 Å². The van der Waals surface area contributed by atoms with Crippen LogP contribution in [0.4, 0.5) is 11.4 Å². The molecule has 0 radical (unpaired) electrons. The molecule has 18 heavy (non-hydrogen) atoms. The maximum Gasteiger partial charge on any atom is 0.278 e. The van der Waals surface area contributed by atoms with Crippen LogP contribution in [0.15, 0.2) is 30.5 Å². The van der Waals surface area contributed by atoms with Crippen molar-refractivity contribution in [3.63, 3.8) is 0 Å². The molecule has 90 valence electrons. The van der Waals surface area contributed by atoms with Gasteiger partial charge in [0.05, 0.1) is 23.1 Å². The van der Waals surface area contributed by atoms with Crippen LogP contribution < -0.4 is 10.6 Å². The Morgan fingerprint density at radius 1 is 1.50 bits per heavy atom. The van der Waals surface area contributed by atoms with Crippen molar-refractivity contribution in [1.29, 1.82) is 5.26 Å². The van der Waals surface area contributed by atoms with Crippen LogP contribution in [0.25, 0.3) is 0 Å². The molecule has 1 amide bonds. The molecule has 3 N–H and O–H groups in total. The highest BCUT2D eigenvalue weighted by molar-refractivity contribution is 6.08. The van der Waals surface area contributed by atoms with E-state index in [1.54, 1.807) is 31.3 Å². The molecular formula is C12H11N5O. The van der Waals surface area contributed by atoms with E-state index < -0.39 is 0 Å². The van der Waals surface area contributed by atoms with E-state index in [0.29, 0.717) is 11.3 Å². The lowest BCUT2D eigenvalue weighted by Crippen LogP contribution is -2.28. The molecular weight excluding hydrogens is 230 g/mol. The first-order valence-electron chi connectivity index (χ1n) is 5.21. The van der Waals surface area contributed by atoms with Gasteiger partial charge in [-0.3, -0.25) is 9.89 Å². The minimum absolute atomic E-state index is 0.213. The quantitative estimate of drug-likeness (QED) is 0.823. The molecule has 2 rings (SSSR count). The molecule has 0 aliphatic rings. The molecule has 6 nitrogen and oxygen atoms in total. The van der Waals surface area contributed by atoms with Gasteiger partial charge in [-0.15, -0.1) is 0 Å². The van der Waals surface area contributed by atoms with E-state index in [4.69, 9.17) is 11.0 Å². The zero-order valence-corrected chi connectivity index (χ0v) is 9.71. The third-order valence-electron chi connectivity index (χ3n) is 2.57. The summed E-state index contributed by atoms with van der Waals surface area (Å²) in [5, 5.41) is 15.2. The average Bonchev–Trinajstić information content (AvgIpc) is 2.83. The Balaban J connectivity index is 2.38. The van der Waals surface area contributed by atoms with Crippen molar-refractivity contribution in [2.45, 2.75) is 0 Å². The number of nitrogens with two attached hydrogens (primary N) is 1. The number of hydrogen-bond donors (Lipinski definition) is 2. The predicted molar refractivity (Wildman–Crippen MR) is 66.9 cm³/mol. The molecule has 0 fully saturated rings. The van der Waals surface area contributed by atoms with E-state index in [2.05, 4.69) is 10.2 Å². The number of aromatic nitrogens is 2. The number of nitriles is 1. The zero-order valence-electron chi connectivity index (χ0n) is 9.71. The van der Waals surface area contributed by atoms with E-state index in [-0.39, 0.29) is 17.3 Å². The fourth-order valence-corrected chi connectivity index (χ4v) is 1.60. The Morgan fingerprint density at radius 2 is 2.22 bits per heavy atom. The fourth-order valence-electron chi connectivity index (χ4n) is 1.60. The smallest absolute Gasteiger partial charge is 0.278 e. The predicted octanol–water partition coefficient (Wildman–Crippen LogP) is 1.14. The Morgan fingerprint density at radius 3 is 2.83 bits per heavy atom. The number of rotatable bonds is 2. The van der Waals surface area contributed by atoms with Crippen molar-refractivity contribution >= 4 is 17.3 Å². The maximum absolute atomic E-state index is 12.2. The van der Waals surface area contributed by atoms with Crippen molar-refractivity contribution in [2.24, 2.45) is 0 Å². The minimum Gasteiger partial charge on any atom is -0.396 e. The number of anilines is 2.